The molecule has 0 bridgehead atoms. The van der Waals surface area contributed by atoms with Crippen LogP contribution in [0.1, 0.15) is 11.1 Å². The first kappa shape index (κ1) is 21.7. The number of carbonyl (C=O) groups excluding carboxylic acids is 2. The van der Waals surface area contributed by atoms with Gasteiger partial charge in [-0.2, -0.15) is 13.2 Å². The number of halogens is 4. The van der Waals surface area contributed by atoms with E-state index in [-0.39, 0.29) is 17.3 Å². The quantitative estimate of drug-likeness (QED) is 0.683. The number of benzene rings is 2. The molecule has 0 saturated heterocycles. The van der Waals surface area contributed by atoms with E-state index in [1.54, 1.807) is 0 Å². The molecule has 0 aliphatic rings. The van der Waals surface area contributed by atoms with E-state index in [0.717, 1.165) is 23.8 Å². The summed E-state index contributed by atoms with van der Waals surface area (Å²) in [5, 5.41) is 3.79. The number of methoxy groups -OCH3 is 1. The molecule has 2 aromatic rings. The Bertz CT molecular complexity index is 829. The largest absolute Gasteiger partial charge is 0.465 e. The fraction of sp³-hybridized carbons (Fsp3) is 0.263. The lowest BCUT2D eigenvalue weighted by atomic mass is 10.1. The summed E-state index contributed by atoms with van der Waals surface area (Å²) in [6, 6.07) is 11.2. The molecule has 0 saturated carbocycles. The maximum absolute atomic E-state index is 12.8. The van der Waals surface area contributed by atoms with Gasteiger partial charge in [-0.1, -0.05) is 41.9 Å². The van der Waals surface area contributed by atoms with Crippen LogP contribution in [0.2, 0.25) is 5.02 Å². The molecule has 1 atom stereocenters. The Morgan fingerprint density at radius 2 is 1.86 bits per heavy atom. The van der Waals surface area contributed by atoms with Crippen LogP contribution < -0.4 is 10.6 Å². The second kappa shape index (κ2) is 9.57. The zero-order chi connectivity index (χ0) is 20.7. The Hall–Kier alpha value is -2.58. The Labute approximate surface area is 164 Å². The number of alkyl halides is 3. The maximum atomic E-state index is 12.8. The van der Waals surface area contributed by atoms with Crippen LogP contribution in [0.15, 0.2) is 48.5 Å². The van der Waals surface area contributed by atoms with Crippen molar-refractivity contribution >= 4 is 29.2 Å². The standard InChI is InChI=1S/C19H18ClF3N2O3/c1-28-18(27)16(9-12-5-3-2-4-6-12)24-11-17(26)25-15-10-13(19(21,22)23)7-8-14(15)20/h2-8,10,16,24H,9,11H2,1H3,(H,25,26)/p+1/t16-/m0/s1. The van der Waals surface area contributed by atoms with Gasteiger partial charge in [-0.25, -0.2) is 4.79 Å². The lowest BCUT2D eigenvalue weighted by molar-refractivity contribution is -0.667. The highest BCUT2D eigenvalue weighted by molar-refractivity contribution is 6.33. The highest BCUT2D eigenvalue weighted by Gasteiger charge is 2.31. The minimum Gasteiger partial charge on any atom is -0.465 e. The van der Waals surface area contributed by atoms with Crippen molar-refractivity contribution in [2.75, 3.05) is 19.0 Å². The first-order chi connectivity index (χ1) is 13.2. The summed E-state index contributed by atoms with van der Waals surface area (Å²) < 4.78 is 43.2. The van der Waals surface area contributed by atoms with E-state index in [1.807, 2.05) is 30.3 Å². The van der Waals surface area contributed by atoms with Crippen molar-refractivity contribution < 1.29 is 32.8 Å². The van der Waals surface area contributed by atoms with Crippen molar-refractivity contribution in [2.24, 2.45) is 0 Å². The summed E-state index contributed by atoms with van der Waals surface area (Å²) in [6.07, 6.45) is -4.22. The predicted molar refractivity (Wildman–Crippen MR) is 97.8 cm³/mol. The monoisotopic (exact) mass is 415 g/mol. The molecule has 1 amide bonds. The number of ether oxygens (including phenoxy) is 1. The lowest BCUT2D eigenvalue weighted by Gasteiger charge is -2.14. The van der Waals surface area contributed by atoms with Crippen molar-refractivity contribution in [3.63, 3.8) is 0 Å². The average Bonchev–Trinajstić information content (AvgIpc) is 2.66. The molecule has 0 fully saturated rings. The van der Waals surface area contributed by atoms with Crippen LogP contribution in [0.3, 0.4) is 0 Å². The Morgan fingerprint density at radius 3 is 2.46 bits per heavy atom. The summed E-state index contributed by atoms with van der Waals surface area (Å²) in [4.78, 5) is 24.1. The van der Waals surface area contributed by atoms with Crippen LogP contribution in [-0.4, -0.2) is 31.6 Å². The Balaban J connectivity index is 2.02. The van der Waals surface area contributed by atoms with Crippen molar-refractivity contribution in [1.82, 2.24) is 0 Å². The van der Waals surface area contributed by atoms with Crippen LogP contribution in [0.25, 0.3) is 0 Å². The third-order valence-corrected chi connectivity index (χ3v) is 4.29. The van der Waals surface area contributed by atoms with Gasteiger partial charge < -0.3 is 15.4 Å². The van der Waals surface area contributed by atoms with Gasteiger partial charge in [0.1, 0.15) is 0 Å². The van der Waals surface area contributed by atoms with Crippen LogP contribution in [0, 0.1) is 0 Å². The number of anilines is 1. The minimum atomic E-state index is -4.55. The van der Waals surface area contributed by atoms with Crippen molar-refractivity contribution in [2.45, 2.75) is 18.6 Å². The van der Waals surface area contributed by atoms with Gasteiger partial charge in [0.25, 0.3) is 5.91 Å². The zero-order valence-corrected chi connectivity index (χ0v) is 15.7. The molecule has 0 spiro atoms. The first-order valence-corrected chi connectivity index (χ1v) is 8.70. The van der Waals surface area contributed by atoms with Crippen molar-refractivity contribution in [3.8, 4) is 0 Å². The summed E-state index contributed by atoms with van der Waals surface area (Å²) in [7, 11) is 1.25. The molecular formula is C19H19ClF3N2O3+. The number of amides is 1. The van der Waals surface area contributed by atoms with Gasteiger partial charge in [-0.3, -0.25) is 4.79 Å². The summed E-state index contributed by atoms with van der Waals surface area (Å²) >= 11 is 5.87. The lowest BCUT2D eigenvalue weighted by Crippen LogP contribution is -2.94. The molecule has 3 N–H and O–H groups in total. The first-order valence-electron chi connectivity index (χ1n) is 8.32. The van der Waals surface area contributed by atoms with Crippen molar-refractivity contribution in [3.05, 3.63) is 64.7 Å². The number of nitrogens with one attached hydrogen (secondary N) is 1. The number of carbonyl (C=O) groups is 2. The van der Waals surface area contributed by atoms with Crippen LogP contribution in [-0.2, 0) is 26.9 Å². The molecule has 0 heterocycles. The molecule has 150 valence electrons. The number of hydrogen-bond acceptors (Lipinski definition) is 3. The van der Waals surface area contributed by atoms with Gasteiger partial charge >= 0.3 is 12.1 Å². The van der Waals surface area contributed by atoms with E-state index >= 15 is 0 Å². The average molecular weight is 416 g/mol. The maximum Gasteiger partial charge on any atom is 0.416 e. The predicted octanol–water partition coefficient (Wildman–Crippen LogP) is 2.64. The second-order valence-corrected chi connectivity index (χ2v) is 6.41. The van der Waals surface area contributed by atoms with E-state index < -0.39 is 29.7 Å². The summed E-state index contributed by atoms with van der Waals surface area (Å²) in [6.45, 7) is -0.195. The van der Waals surface area contributed by atoms with Gasteiger partial charge in [0.05, 0.1) is 23.4 Å². The SMILES string of the molecule is COC(=O)[C@H](Cc1ccccc1)[NH2+]CC(=O)Nc1cc(C(F)(F)F)ccc1Cl. The molecule has 2 rings (SSSR count). The van der Waals surface area contributed by atoms with E-state index in [9.17, 15) is 22.8 Å². The molecule has 0 aromatic heterocycles. The smallest absolute Gasteiger partial charge is 0.416 e. The van der Waals surface area contributed by atoms with Crippen molar-refractivity contribution in [1.29, 1.82) is 0 Å². The van der Waals surface area contributed by atoms with Crippen LogP contribution >= 0.6 is 11.6 Å². The molecule has 0 aliphatic carbocycles. The second-order valence-electron chi connectivity index (χ2n) is 6.00. The number of hydrogen-bond donors (Lipinski definition) is 2. The molecule has 28 heavy (non-hydrogen) atoms. The van der Waals surface area contributed by atoms with Gasteiger partial charge in [0.15, 0.2) is 12.6 Å². The van der Waals surface area contributed by atoms with Crippen LogP contribution in [0.4, 0.5) is 18.9 Å². The van der Waals surface area contributed by atoms with Gasteiger partial charge in [0.2, 0.25) is 0 Å². The zero-order valence-electron chi connectivity index (χ0n) is 14.9. The topological polar surface area (TPSA) is 72.0 Å². The normalized spacial score (nSPS) is 12.3. The Kier molecular flexibility index (Phi) is 7.42. The van der Waals surface area contributed by atoms with E-state index in [1.165, 1.54) is 12.4 Å². The Morgan fingerprint density at radius 1 is 1.18 bits per heavy atom. The number of rotatable bonds is 7. The minimum absolute atomic E-state index is 0.0184. The molecular weight excluding hydrogens is 397 g/mol. The number of quaternary nitrogens is 1. The summed E-state index contributed by atoms with van der Waals surface area (Å²) in [5.41, 5.74) is -0.184. The summed E-state index contributed by atoms with van der Waals surface area (Å²) in [5.74, 6) is -1.10. The van der Waals surface area contributed by atoms with E-state index in [2.05, 4.69) is 5.32 Å². The molecule has 0 radical (unpaired) electrons. The highest BCUT2D eigenvalue weighted by Crippen LogP contribution is 2.33. The van der Waals surface area contributed by atoms with Crippen LogP contribution in [0.5, 0.6) is 0 Å². The number of nitrogens with two attached hydrogens (primary N) is 1. The molecule has 5 nitrogen and oxygen atoms in total. The van der Waals surface area contributed by atoms with E-state index in [4.69, 9.17) is 16.3 Å². The molecule has 0 unspecified atom stereocenters. The van der Waals surface area contributed by atoms with E-state index in [0.29, 0.717) is 6.42 Å². The third kappa shape index (κ3) is 6.24. The van der Waals surface area contributed by atoms with Gasteiger partial charge in [-0.05, 0) is 23.8 Å². The molecule has 0 aliphatic heterocycles. The number of esters is 1. The highest BCUT2D eigenvalue weighted by atomic mass is 35.5. The van der Waals surface area contributed by atoms with Gasteiger partial charge in [0, 0.05) is 6.42 Å². The third-order valence-electron chi connectivity index (χ3n) is 3.96. The fourth-order valence-corrected chi connectivity index (χ4v) is 2.70. The molecule has 9 heteroatoms. The van der Waals surface area contributed by atoms with Gasteiger partial charge in [-0.15, -0.1) is 0 Å². The molecule has 2 aromatic carbocycles. The fourth-order valence-electron chi connectivity index (χ4n) is 2.53.